The number of halogens is 2. The molecule has 0 radical (unpaired) electrons. The Kier molecular flexibility index (Phi) is 8.96. The van der Waals surface area contributed by atoms with Gasteiger partial charge in [-0.1, -0.05) is 29.7 Å². The van der Waals surface area contributed by atoms with Crippen molar-refractivity contribution in [3.63, 3.8) is 0 Å². The van der Waals surface area contributed by atoms with Crippen molar-refractivity contribution in [3.8, 4) is 17.2 Å². The number of aryl methyl sites for hydroxylation is 2. The number of aromatic nitrogens is 9. The molecule has 1 amide bonds. The van der Waals surface area contributed by atoms with Gasteiger partial charge < -0.3 is 14.2 Å². The van der Waals surface area contributed by atoms with Gasteiger partial charge in [-0.15, -0.1) is 0 Å². The lowest BCUT2D eigenvalue weighted by Crippen LogP contribution is -2.41. The minimum atomic E-state index is -0.835. The molecule has 1 unspecified atom stereocenters. The highest BCUT2D eigenvalue weighted by atomic mass is 35.5. The highest BCUT2D eigenvalue weighted by Gasteiger charge is 2.59. The van der Waals surface area contributed by atoms with E-state index in [2.05, 4.69) is 54.2 Å². The summed E-state index contributed by atoms with van der Waals surface area (Å²) >= 11 is 6.94. The van der Waals surface area contributed by atoms with Crippen LogP contribution < -0.4 is 11.4 Å². The van der Waals surface area contributed by atoms with Crippen LogP contribution in [0.5, 0.6) is 0 Å². The van der Waals surface area contributed by atoms with Gasteiger partial charge in [-0.3, -0.25) is 28.1 Å². The van der Waals surface area contributed by atoms with Gasteiger partial charge in [0.2, 0.25) is 0 Å². The van der Waals surface area contributed by atoms with Crippen LogP contribution in [0.15, 0.2) is 87.3 Å². The van der Waals surface area contributed by atoms with Gasteiger partial charge in [-0.25, -0.2) is 18.7 Å². The lowest BCUT2D eigenvalue weighted by molar-refractivity contribution is -0.0592. The first-order valence-corrected chi connectivity index (χ1v) is 22.0. The normalized spacial score (nSPS) is 21.8. The van der Waals surface area contributed by atoms with E-state index in [1.165, 1.54) is 20.8 Å². The van der Waals surface area contributed by atoms with Crippen LogP contribution in [0.25, 0.3) is 39.0 Å². The molecule has 1 N–H and O–H groups in total. The summed E-state index contributed by atoms with van der Waals surface area (Å²) in [4.78, 5) is 47.3. The van der Waals surface area contributed by atoms with Crippen LogP contribution in [0.2, 0.25) is 5.02 Å². The number of amides is 1. The van der Waals surface area contributed by atoms with Crippen LogP contribution in [0.1, 0.15) is 97.6 Å². The Balaban J connectivity index is 1.05. The van der Waals surface area contributed by atoms with Crippen molar-refractivity contribution in [2.75, 3.05) is 13.2 Å². The first-order chi connectivity index (χ1) is 30.6. The number of nitrogens with one attached hydrogen (secondary N) is 1. The number of rotatable bonds is 7. The average molecular weight is 885 g/mol. The fourth-order valence-electron chi connectivity index (χ4n) is 10.5. The van der Waals surface area contributed by atoms with E-state index in [9.17, 15) is 14.0 Å². The second kappa shape index (κ2) is 14.2. The zero-order chi connectivity index (χ0) is 44.6. The van der Waals surface area contributed by atoms with Crippen molar-refractivity contribution < 1.29 is 18.4 Å². The fourth-order valence-corrected chi connectivity index (χ4v) is 10.8. The monoisotopic (exact) mass is 884 g/mol. The van der Waals surface area contributed by atoms with E-state index in [0.29, 0.717) is 81.9 Å². The molecule has 2 fully saturated rings. The molecule has 0 bridgehead atoms. The van der Waals surface area contributed by atoms with E-state index >= 15 is 4.79 Å². The summed E-state index contributed by atoms with van der Waals surface area (Å²) in [6.07, 6.45) is 7.75. The SMILES string of the molecule is Cc1cc(-n2nc3c(c2-n2ccn(-c4ccc5c(cnn5C)c4Cl)c2=O)[C@H](C)N(C(=O)c2cc4cc(C5CCOC(C)(C)C5)ccc4n2[C@@]2(c4noc(=O)[nH]4)C[C@@H]2C)CC3)ccc1F. The minimum absolute atomic E-state index is 0.0176. The standard InChI is InChI=1S/C47H46ClFN10O5/c1-25-19-31(8-9-33(25)49)59-41(57-17-16-56(45(57)62)37-12-11-36-32(40(37)48)24-50-54(36)6)39-27(3)55(15-13-34(39)52-59)42(60)38-21-30-20-28(29-14-18-63-46(4,5)23-29)7-10-35(30)58(38)47(22-26(47)2)43-51-44(61)64-53-43/h7-12,16-17,19-21,24,26-27,29H,13-15,18,22-23H2,1-6H3,(H,51,53,61)/t26-,27-,29?,47-/m0/s1. The summed E-state index contributed by atoms with van der Waals surface area (Å²) in [5.74, 6) is -0.175. The molecule has 1 saturated heterocycles. The molecule has 1 aliphatic carbocycles. The Labute approximate surface area is 370 Å². The van der Waals surface area contributed by atoms with Crippen LogP contribution in [0, 0.1) is 18.7 Å². The Morgan fingerprint density at radius 3 is 2.52 bits per heavy atom. The number of carbonyl (C=O) groups excluding carboxylic acids is 1. The second-order valence-corrected chi connectivity index (χ2v) is 18.7. The van der Waals surface area contributed by atoms with Crippen LogP contribution in [-0.2, 0) is 23.7 Å². The predicted octanol–water partition coefficient (Wildman–Crippen LogP) is 7.65. The molecule has 2 aliphatic heterocycles. The third-order valence-corrected chi connectivity index (χ3v) is 14.3. The number of imidazole rings is 1. The van der Waals surface area contributed by atoms with Gasteiger partial charge in [0.15, 0.2) is 5.82 Å². The van der Waals surface area contributed by atoms with Crippen molar-refractivity contribution in [3.05, 3.63) is 139 Å². The quantitative estimate of drug-likeness (QED) is 0.171. The number of hydrogen-bond acceptors (Lipinski definition) is 8. The molecule has 1 saturated carbocycles. The Morgan fingerprint density at radius 2 is 1.78 bits per heavy atom. The summed E-state index contributed by atoms with van der Waals surface area (Å²) in [5.41, 5.74) is 4.60. The third-order valence-electron chi connectivity index (χ3n) is 13.9. The molecule has 17 heteroatoms. The maximum absolute atomic E-state index is 15.5. The molecule has 0 spiro atoms. The number of H-pyrrole nitrogens is 1. The molecule has 8 aromatic rings. The largest absolute Gasteiger partial charge is 0.438 e. The molecule has 328 valence electrons. The zero-order valence-electron chi connectivity index (χ0n) is 36.2. The number of ether oxygens (including phenoxy) is 1. The van der Waals surface area contributed by atoms with Crippen molar-refractivity contribution in [1.82, 2.24) is 48.3 Å². The number of fused-ring (bicyclic) bond motifs is 3. The maximum Gasteiger partial charge on any atom is 0.438 e. The van der Waals surface area contributed by atoms with Crippen LogP contribution in [0.4, 0.5) is 4.39 Å². The van der Waals surface area contributed by atoms with E-state index in [-0.39, 0.29) is 29.2 Å². The number of nitrogens with zero attached hydrogens (tertiary/aromatic N) is 9. The Bertz CT molecular complexity index is 3350. The lowest BCUT2D eigenvalue weighted by Gasteiger charge is -2.35. The fraction of sp³-hybridized carbons (Fsp3) is 0.362. The van der Waals surface area contributed by atoms with E-state index in [0.717, 1.165) is 29.3 Å². The van der Waals surface area contributed by atoms with Gasteiger partial charge in [-0.2, -0.15) is 10.2 Å². The van der Waals surface area contributed by atoms with E-state index in [1.807, 2.05) is 35.6 Å². The first-order valence-electron chi connectivity index (χ1n) is 21.6. The molecular formula is C47H46ClFN10O5. The Morgan fingerprint density at radius 1 is 1.00 bits per heavy atom. The van der Waals surface area contributed by atoms with Gasteiger partial charge >= 0.3 is 11.4 Å². The predicted molar refractivity (Wildman–Crippen MR) is 238 cm³/mol. The molecule has 15 nitrogen and oxygen atoms in total. The molecule has 11 rings (SSSR count). The van der Waals surface area contributed by atoms with Crippen molar-refractivity contribution in [1.29, 1.82) is 0 Å². The van der Waals surface area contributed by atoms with Crippen LogP contribution in [-0.4, -0.2) is 73.0 Å². The Hall–Kier alpha value is -6.52. The van der Waals surface area contributed by atoms with Gasteiger partial charge in [0.25, 0.3) is 5.91 Å². The molecule has 3 aromatic carbocycles. The number of aromatic amines is 1. The topological polar surface area (TPSA) is 156 Å². The summed E-state index contributed by atoms with van der Waals surface area (Å²) < 4.78 is 34.2. The molecule has 7 heterocycles. The van der Waals surface area contributed by atoms with E-state index < -0.39 is 23.0 Å². The number of carbonyl (C=O) groups is 1. The lowest BCUT2D eigenvalue weighted by atomic mass is 9.83. The summed E-state index contributed by atoms with van der Waals surface area (Å²) in [7, 11) is 1.82. The maximum atomic E-state index is 15.5. The average Bonchev–Trinajstić information content (AvgIpc) is 3.89. The zero-order valence-corrected chi connectivity index (χ0v) is 37.0. The van der Waals surface area contributed by atoms with Crippen LogP contribution in [0.3, 0.4) is 0 Å². The van der Waals surface area contributed by atoms with Gasteiger partial charge in [0.1, 0.15) is 22.9 Å². The van der Waals surface area contributed by atoms with Crippen molar-refractivity contribution in [2.24, 2.45) is 13.0 Å². The van der Waals surface area contributed by atoms with Crippen LogP contribution >= 0.6 is 11.6 Å². The minimum Gasteiger partial charge on any atom is -0.376 e. The summed E-state index contributed by atoms with van der Waals surface area (Å²) in [6.45, 7) is 10.9. The van der Waals surface area contributed by atoms with Crippen molar-refractivity contribution >= 4 is 39.3 Å². The van der Waals surface area contributed by atoms with Gasteiger partial charge in [0.05, 0.1) is 45.4 Å². The number of hydrogen-bond donors (Lipinski definition) is 1. The van der Waals surface area contributed by atoms with E-state index in [4.69, 9.17) is 26.0 Å². The molecule has 3 aliphatic rings. The van der Waals surface area contributed by atoms with E-state index in [1.54, 1.807) is 53.1 Å². The molecular weight excluding hydrogens is 839 g/mol. The number of benzene rings is 3. The highest BCUT2D eigenvalue weighted by molar-refractivity contribution is 6.37. The smallest absolute Gasteiger partial charge is 0.376 e. The molecule has 4 atom stereocenters. The molecule has 64 heavy (non-hydrogen) atoms. The first kappa shape index (κ1) is 40.3. The third kappa shape index (κ3) is 6.01. The summed E-state index contributed by atoms with van der Waals surface area (Å²) in [5, 5.41) is 15.6. The van der Waals surface area contributed by atoms with Crippen molar-refractivity contribution in [2.45, 2.75) is 83.4 Å². The van der Waals surface area contributed by atoms with Gasteiger partial charge in [0, 0.05) is 60.9 Å². The molecule has 5 aromatic heterocycles. The highest BCUT2D eigenvalue weighted by Crippen LogP contribution is 2.56. The van der Waals surface area contributed by atoms with Gasteiger partial charge in [-0.05, 0) is 118 Å². The second-order valence-electron chi connectivity index (χ2n) is 18.3. The summed E-state index contributed by atoms with van der Waals surface area (Å²) in [6, 6.07) is 16.1.